The Labute approximate surface area is 203 Å². The Bertz CT molecular complexity index is 1260. The van der Waals surface area contributed by atoms with Gasteiger partial charge in [0.2, 0.25) is 0 Å². The minimum absolute atomic E-state index is 0.0293. The lowest BCUT2D eigenvalue weighted by Gasteiger charge is -2.35. The first-order chi connectivity index (χ1) is 17.0. The molecule has 1 aromatic heterocycles. The number of anilines is 2. The molecule has 2 aliphatic rings. The summed E-state index contributed by atoms with van der Waals surface area (Å²) < 4.78 is 6.10. The van der Waals surface area contributed by atoms with Gasteiger partial charge in [0.25, 0.3) is 11.6 Å². The molecular formula is C26H27N5O4. The summed E-state index contributed by atoms with van der Waals surface area (Å²) in [6.07, 6.45) is 2.41. The predicted molar refractivity (Wildman–Crippen MR) is 134 cm³/mol. The fourth-order valence-electron chi connectivity index (χ4n) is 4.72. The molecule has 1 saturated heterocycles. The number of nitrogens with zero attached hydrogens (tertiary/aromatic N) is 4. The van der Waals surface area contributed by atoms with Gasteiger partial charge in [0.1, 0.15) is 5.76 Å². The molecule has 5 rings (SSSR count). The van der Waals surface area contributed by atoms with Crippen molar-refractivity contribution in [2.75, 3.05) is 36.5 Å². The Balaban J connectivity index is 1.30. The number of hydrogen-bond donors (Lipinski definition) is 1. The largest absolute Gasteiger partial charge is 0.455 e. The number of nitro groups is 1. The summed E-state index contributed by atoms with van der Waals surface area (Å²) in [6.45, 7) is 4.76. The Morgan fingerprint density at radius 1 is 1.03 bits per heavy atom. The van der Waals surface area contributed by atoms with Crippen LogP contribution in [0.5, 0.6) is 0 Å². The normalized spacial score (nSPS) is 16.8. The van der Waals surface area contributed by atoms with Crippen molar-refractivity contribution in [3.8, 4) is 0 Å². The minimum atomic E-state index is -0.433. The van der Waals surface area contributed by atoms with E-state index < -0.39 is 4.92 Å². The van der Waals surface area contributed by atoms with Gasteiger partial charge in [-0.15, -0.1) is 0 Å². The number of para-hydroxylation sites is 1. The first kappa shape index (κ1) is 22.6. The molecule has 35 heavy (non-hydrogen) atoms. The number of non-ortho nitro benzene ring substituents is 1. The average Bonchev–Trinajstić information content (AvgIpc) is 3.24. The van der Waals surface area contributed by atoms with E-state index in [0.29, 0.717) is 24.5 Å². The van der Waals surface area contributed by atoms with Crippen LogP contribution >= 0.6 is 0 Å². The summed E-state index contributed by atoms with van der Waals surface area (Å²) in [5, 5.41) is 15.4. The summed E-state index contributed by atoms with van der Waals surface area (Å²) in [5.74, 6) is 1.12. The molecule has 3 aromatic rings. The number of amides is 1. The van der Waals surface area contributed by atoms with Crippen molar-refractivity contribution < 1.29 is 14.1 Å². The molecular weight excluding hydrogens is 446 g/mol. The molecule has 2 heterocycles. The Morgan fingerprint density at radius 3 is 2.43 bits per heavy atom. The lowest BCUT2D eigenvalue weighted by molar-refractivity contribution is -0.384. The lowest BCUT2D eigenvalue weighted by atomic mass is 9.93. The van der Waals surface area contributed by atoms with Gasteiger partial charge in [-0.2, -0.15) is 5.10 Å². The number of piperazine rings is 1. The summed E-state index contributed by atoms with van der Waals surface area (Å²) in [4.78, 5) is 27.9. The van der Waals surface area contributed by atoms with Gasteiger partial charge in [0.05, 0.1) is 16.3 Å². The molecule has 2 aromatic carbocycles. The van der Waals surface area contributed by atoms with Crippen LogP contribution in [0.25, 0.3) is 0 Å². The first-order valence-electron chi connectivity index (χ1n) is 11.8. The van der Waals surface area contributed by atoms with Crippen LogP contribution in [0.2, 0.25) is 0 Å². The highest BCUT2D eigenvalue weighted by Crippen LogP contribution is 2.31. The fourth-order valence-corrected chi connectivity index (χ4v) is 4.72. The van der Waals surface area contributed by atoms with Crippen LogP contribution in [0.3, 0.4) is 0 Å². The van der Waals surface area contributed by atoms with E-state index in [1.54, 1.807) is 12.1 Å². The highest BCUT2D eigenvalue weighted by atomic mass is 16.6. The topological polar surface area (TPSA) is 104 Å². The number of nitro benzene ring substituents is 1. The van der Waals surface area contributed by atoms with Crippen LogP contribution in [-0.2, 0) is 6.42 Å². The standard InChI is InChI=1S/C26H27N5O4/c1-18-24-22(28-27-19-10-12-21(13-11-19)31(33)34)8-5-9-23(24)35-25(18)26(32)30-16-14-29(15-17-30)20-6-3-2-4-7-20/h2-4,6-7,10-13,27H,5,8-9,14-17H2,1H3/b28-22+. The van der Waals surface area contributed by atoms with Crippen molar-refractivity contribution in [1.82, 2.24) is 4.90 Å². The number of furan rings is 1. The van der Waals surface area contributed by atoms with E-state index in [0.717, 1.165) is 55.0 Å². The molecule has 0 unspecified atom stereocenters. The zero-order chi connectivity index (χ0) is 24.4. The quantitative estimate of drug-likeness (QED) is 0.429. The smallest absolute Gasteiger partial charge is 0.289 e. The van der Waals surface area contributed by atoms with Gasteiger partial charge < -0.3 is 14.2 Å². The zero-order valence-electron chi connectivity index (χ0n) is 19.6. The van der Waals surface area contributed by atoms with E-state index >= 15 is 0 Å². The summed E-state index contributed by atoms with van der Waals surface area (Å²) in [6, 6.07) is 16.4. The molecule has 1 fully saturated rings. The van der Waals surface area contributed by atoms with Crippen molar-refractivity contribution in [1.29, 1.82) is 0 Å². The maximum atomic E-state index is 13.4. The number of benzene rings is 2. The Hall–Kier alpha value is -4.14. The third-order valence-electron chi connectivity index (χ3n) is 6.61. The molecule has 9 nitrogen and oxygen atoms in total. The number of hydrogen-bond acceptors (Lipinski definition) is 7. The van der Waals surface area contributed by atoms with Crippen LogP contribution in [0, 0.1) is 17.0 Å². The molecule has 1 aliphatic heterocycles. The Kier molecular flexibility index (Phi) is 6.22. The number of carbonyl (C=O) groups is 1. The molecule has 1 aliphatic carbocycles. The number of nitrogens with one attached hydrogen (secondary N) is 1. The maximum absolute atomic E-state index is 13.4. The van der Waals surface area contributed by atoms with Gasteiger partial charge >= 0.3 is 0 Å². The highest BCUT2D eigenvalue weighted by molar-refractivity contribution is 6.06. The van der Waals surface area contributed by atoms with Crippen LogP contribution in [0.4, 0.5) is 17.1 Å². The van der Waals surface area contributed by atoms with Gasteiger partial charge in [-0.25, -0.2) is 0 Å². The molecule has 0 bridgehead atoms. The van der Waals surface area contributed by atoms with E-state index in [2.05, 4.69) is 27.6 Å². The second-order valence-corrected chi connectivity index (χ2v) is 8.80. The van der Waals surface area contributed by atoms with E-state index in [-0.39, 0.29) is 11.6 Å². The molecule has 1 N–H and O–H groups in total. The van der Waals surface area contributed by atoms with Crippen LogP contribution < -0.4 is 10.3 Å². The van der Waals surface area contributed by atoms with Gasteiger partial charge in [0, 0.05) is 61.5 Å². The molecule has 0 radical (unpaired) electrons. The van der Waals surface area contributed by atoms with E-state index in [1.165, 1.54) is 17.8 Å². The first-order valence-corrected chi connectivity index (χ1v) is 11.8. The molecule has 0 saturated carbocycles. The monoisotopic (exact) mass is 473 g/mol. The second-order valence-electron chi connectivity index (χ2n) is 8.80. The number of hydrazone groups is 1. The predicted octanol–water partition coefficient (Wildman–Crippen LogP) is 4.61. The molecule has 0 atom stereocenters. The summed E-state index contributed by atoms with van der Waals surface area (Å²) in [7, 11) is 0. The lowest BCUT2D eigenvalue weighted by Crippen LogP contribution is -2.48. The van der Waals surface area contributed by atoms with Gasteiger partial charge in [-0.05, 0) is 44.0 Å². The third kappa shape index (κ3) is 4.62. The second kappa shape index (κ2) is 9.61. The zero-order valence-corrected chi connectivity index (χ0v) is 19.6. The van der Waals surface area contributed by atoms with Crippen molar-refractivity contribution in [2.24, 2.45) is 5.10 Å². The van der Waals surface area contributed by atoms with Gasteiger partial charge in [0.15, 0.2) is 5.76 Å². The Morgan fingerprint density at radius 2 is 1.74 bits per heavy atom. The number of carbonyl (C=O) groups excluding carboxylic acids is 1. The maximum Gasteiger partial charge on any atom is 0.289 e. The van der Waals surface area contributed by atoms with E-state index in [9.17, 15) is 14.9 Å². The minimum Gasteiger partial charge on any atom is -0.455 e. The SMILES string of the molecule is Cc1c(C(=O)N2CCN(c3ccccc3)CC2)oc2c1/C(=N/Nc1ccc([N+](=O)[O-])cc1)CCC2. The number of aryl methyl sites for hydroxylation is 1. The van der Waals surface area contributed by atoms with E-state index in [4.69, 9.17) is 4.42 Å². The molecule has 1 amide bonds. The van der Waals surface area contributed by atoms with Crippen LogP contribution in [0.15, 0.2) is 64.1 Å². The number of rotatable bonds is 5. The van der Waals surface area contributed by atoms with Crippen LogP contribution in [0.1, 0.15) is 40.3 Å². The third-order valence-corrected chi connectivity index (χ3v) is 6.61. The fraction of sp³-hybridized carbons (Fsp3) is 0.308. The van der Waals surface area contributed by atoms with Crippen LogP contribution in [-0.4, -0.2) is 47.6 Å². The van der Waals surface area contributed by atoms with Gasteiger partial charge in [-0.1, -0.05) is 18.2 Å². The molecule has 9 heteroatoms. The van der Waals surface area contributed by atoms with Crippen molar-refractivity contribution >= 4 is 28.7 Å². The van der Waals surface area contributed by atoms with Crippen molar-refractivity contribution in [3.05, 3.63) is 87.4 Å². The van der Waals surface area contributed by atoms with Crippen molar-refractivity contribution in [2.45, 2.75) is 26.2 Å². The van der Waals surface area contributed by atoms with Crippen molar-refractivity contribution in [3.63, 3.8) is 0 Å². The van der Waals surface area contributed by atoms with E-state index in [1.807, 2.05) is 30.0 Å². The molecule has 0 spiro atoms. The summed E-state index contributed by atoms with van der Waals surface area (Å²) >= 11 is 0. The highest BCUT2D eigenvalue weighted by Gasteiger charge is 2.31. The average molecular weight is 474 g/mol. The number of fused-ring (bicyclic) bond motifs is 1. The molecule has 180 valence electrons. The van der Waals surface area contributed by atoms with Gasteiger partial charge in [-0.3, -0.25) is 20.3 Å². The summed E-state index contributed by atoms with van der Waals surface area (Å²) in [5.41, 5.74) is 7.40.